The number of piperidine rings is 1. The molecule has 2 aromatic carbocycles. The average Bonchev–Trinajstić information content (AvgIpc) is 2.93. The van der Waals surface area contributed by atoms with Gasteiger partial charge in [-0.2, -0.15) is 0 Å². The summed E-state index contributed by atoms with van der Waals surface area (Å²) in [5, 5.41) is 10.1. The summed E-state index contributed by atoms with van der Waals surface area (Å²) in [6.07, 6.45) is 6.99. The number of fused-ring (bicyclic) bond motifs is 1. The molecule has 198 valence electrons. The van der Waals surface area contributed by atoms with Crippen LogP contribution >= 0.6 is 0 Å². The largest absolute Gasteiger partial charge is 0.497 e. The van der Waals surface area contributed by atoms with E-state index in [-0.39, 0.29) is 6.42 Å². The number of pyridine rings is 1. The van der Waals surface area contributed by atoms with Crippen LogP contribution in [0.15, 0.2) is 60.8 Å². The normalized spacial score (nSPS) is 19.1. The number of hydrogen-bond acceptors (Lipinski definition) is 4. The molecule has 6 heteroatoms. The van der Waals surface area contributed by atoms with Gasteiger partial charge in [-0.15, -0.1) is 0 Å². The van der Waals surface area contributed by atoms with Crippen molar-refractivity contribution >= 4 is 16.9 Å². The summed E-state index contributed by atoms with van der Waals surface area (Å²) in [6.45, 7) is 2.96. The summed E-state index contributed by atoms with van der Waals surface area (Å²) < 4.78 is 20.9. The zero-order valence-corrected chi connectivity index (χ0v) is 21.8. The molecule has 1 aromatic heterocycles. The molecule has 1 aliphatic rings. The number of rotatable bonds is 13. The van der Waals surface area contributed by atoms with Crippen LogP contribution in [0.1, 0.15) is 62.2 Å². The van der Waals surface area contributed by atoms with E-state index in [4.69, 9.17) is 4.74 Å². The van der Waals surface area contributed by atoms with Crippen LogP contribution in [-0.4, -0.2) is 47.7 Å². The van der Waals surface area contributed by atoms with Crippen molar-refractivity contribution in [3.63, 3.8) is 0 Å². The van der Waals surface area contributed by atoms with E-state index in [0.29, 0.717) is 36.0 Å². The van der Waals surface area contributed by atoms with Crippen LogP contribution in [0.4, 0.5) is 4.39 Å². The van der Waals surface area contributed by atoms with Crippen LogP contribution in [0.2, 0.25) is 0 Å². The summed E-state index contributed by atoms with van der Waals surface area (Å²) in [5.74, 6) is 0.583. The van der Waals surface area contributed by atoms with Crippen molar-refractivity contribution in [1.29, 1.82) is 0 Å². The van der Waals surface area contributed by atoms with Crippen LogP contribution in [0, 0.1) is 11.8 Å². The number of nitrogens with zero attached hydrogens (tertiary/aromatic N) is 2. The molecular formula is C31H39FN2O3. The van der Waals surface area contributed by atoms with Gasteiger partial charge in [-0.3, -0.25) is 9.78 Å². The molecule has 0 amide bonds. The van der Waals surface area contributed by atoms with Crippen molar-refractivity contribution < 1.29 is 19.0 Å². The molecule has 0 spiro atoms. The van der Waals surface area contributed by atoms with Gasteiger partial charge in [0.2, 0.25) is 0 Å². The minimum atomic E-state index is -1.09. The molecule has 1 fully saturated rings. The molecule has 3 aromatic rings. The number of hydrogen-bond donors (Lipinski definition) is 1. The van der Waals surface area contributed by atoms with Gasteiger partial charge in [-0.25, -0.2) is 4.39 Å². The Morgan fingerprint density at radius 2 is 1.97 bits per heavy atom. The number of halogens is 1. The van der Waals surface area contributed by atoms with E-state index >= 15 is 4.39 Å². The fraction of sp³-hybridized carbons (Fsp3) is 0.484. The highest BCUT2D eigenvalue weighted by molar-refractivity contribution is 5.83. The molecule has 2 heterocycles. The molecule has 0 radical (unpaired) electrons. The number of aliphatic carboxylic acids is 1. The van der Waals surface area contributed by atoms with Gasteiger partial charge in [0.15, 0.2) is 0 Å². The molecule has 0 saturated carbocycles. The molecular weight excluding hydrogens is 467 g/mol. The predicted molar refractivity (Wildman–Crippen MR) is 146 cm³/mol. The third-order valence-electron chi connectivity index (χ3n) is 7.85. The number of unbranched alkanes of at least 4 members (excludes halogenated alkanes) is 1. The van der Waals surface area contributed by atoms with Crippen LogP contribution in [0.3, 0.4) is 0 Å². The second kappa shape index (κ2) is 13.5. The Bertz CT molecular complexity index is 1140. The van der Waals surface area contributed by atoms with Crippen LogP contribution in [0.5, 0.6) is 5.75 Å². The molecule has 0 bridgehead atoms. The van der Waals surface area contributed by atoms with Gasteiger partial charge in [0.25, 0.3) is 0 Å². The number of carboxylic acids is 1. The Morgan fingerprint density at radius 1 is 1.14 bits per heavy atom. The maximum atomic E-state index is 15.5. The molecule has 37 heavy (non-hydrogen) atoms. The van der Waals surface area contributed by atoms with Gasteiger partial charge in [-0.1, -0.05) is 30.3 Å². The number of carboxylic acid groups (broad SMARTS) is 1. The molecule has 1 saturated heterocycles. The Kier molecular flexibility index (Phi) is 9.89. The maximum absolute atomic E-state index is 15.5. The van der Waals surface area contributed by atoms with Gasteiger partial charge >= 0.3 is 5.97 Å². The second-order valence-corrected chi connectivity index (χ2v) is 10.3. The Morgan fingerprint density at radius 3 is 2.76 bits per heavy atom. The first-order valence-electron chi connectivity index (χ1n) is 13.6. The van der Waals surface area contributed by atoms with Crippen molar-refractivity contribution in [3.05, 3.63) is 71.9 Å². The number of carbonyl (C=O) groups is 1. The fourth-order valence-electron chi connectivity index (χ4n) is 5.75. The van der Waals surface area contributed by atoms with Crippen molar-refractivity contribution in [3.8, 4) is 5.75 Å². The Labute approximate surface area is 219 Å². The molecule has 5 nitrogen and oxygen atoms in total. The van der Waals surface area contributed by atoms with E-state index in [0.717, 1.165) is 62.6 Å². The van der Waals surface area contributed by atoms with Crippen molar-refractivity contribution in [2.45, 2.75) is 57.5 Å². The Balaban J connectivity index is 1.32. The average molecular weight is 507 g/mol. The lowest BCUT2D eigenvalue weighted by Gasteiger charge is -2.39. The molecule has 4 rings (SSSR count). The van der Waals surface area contributed by atoms with E-state index < -0.39 is 12.1 Å². The number of alkyl halides is 1. The van der Waals surface area contributed by atoms with Gasteiger partial charge in [0.1, 0.15) is 11.9 Å². The minimum absolute atomic E-state index is 0.177. The van der Waals surface area contributed by atoms with Gasteiger partial charge < -0.3 is 14.7 Å². The van der Waals surface area contributed by atoms with Crippen LogP contribution in [0.25, 0.3) is 10.9 Å². The predicted octanol–water partition coefficient (Wildman–Crippen LogP) is 6.86. The lowest BCUT2D eigenvalue weighted by molar-refractivity contribution is -0.137. The van der Waals surface area contributed by atoms with E-state index in [1.165, 1.54) is 5.56 Å². The maximum Gasteiger partial charge on any atom is 0.303 e. The lowest BCUT2D eigenvalue weighted by Crippen LogP contribution is -2.41. The molecule has 1 N–H and O–H groups in total. The molecule has 1 aliphatic heterocycles. The van der Waals surface area contributed by atoms with Gasteiger partial charge in [0.05, 0.1) is 12.6 Å². The first-order valence-corrected chi connectivity index (χ1v) is 13.6. The summed E-state index contributed by atoms with van der Waals surface area (Å²) >= 11 is 0. The third kappa shape index (κ3) is 7.75. The smallest absolute Gasteiger partial charge is 0.303 e. The summed E-state index contributed by atoms with van der Waals surface area (Å²) in [5.41, 5.74) is 2.80. The summed E-state index contributed by atoms with van der Waals surface area (Å²) in [7, 11) is 1.61. The molecule has 3 atom stereocenters. The number of ether oxygens (including phenoxy) is 1. The highest BCUT2D eigenvalue weighted by atomic mass is 19.1. The van der Waals surface area contributed by atoms with Crippen molar-refractivity contribution in [2.24, 2.45) is 11.8 Å². The van der Waals surface area contributed by atoms with Crippen molar-refractivity contribution in [2.75, 3.05) is 26.7 Å². The highest BCUT2D eigenvalue weighted by Crippen LogP contribution is 2.36. The van der Waals surface area contributed by atoms with Crippen LogP contribution in [-0.2, 0) is 11.2 Å². The van der Waals surface area contributed by atoms with Crippen LogP contribution < -0.4 is 4.74 Å². The zero-order chi connectivity index (χ0) is 26.0. The van der Waals surface area contributed by atoms with Gasteiger partial charge in [-0.05, 0) is 105 Å². The zero-order valence-electron chi connectivity index (χ0n) is 21.8. The molecule has 0 aliphatic carbocycles. The first-order chi connectivity index (χ1) is 18.0. The summed E-state index contributed by atoms with van der Waals surface area (Å²) in [4.78, 5) is 18.2. The molecule has 1 unspecified atom stereocenters. The van der Waals surface area contributed by atoms with E-state index in [1.807, 2.05) is 24.3 Å². The topological polar surface area (TPSA) is 62.7 Å². The number of benzene rings is 2. The second-order valence-electron chi connectivity index (χ2n) is 10.3. The van der Waals surface area contributed by atoms with E-state index in [2.05, 4.69) is 34.1 Å². The monoisotopic (exact) mass is 506 g/mol. The van der Waals surface area contributed by atoms with Gasteiger partial charge in [0, 0.05) is 24.5 Å². The minimum Gasteiger partial charge on any atom is -0.497 e. The highest BCUT2D eigenvalue weighted by Gasteiger charge is 2.30. The number of methoxy groups -OCH3 is 1. The van der Waals surface area contributed by atoms with E-state index in [9.17, 15) is 9.90 Å². The third-order valence-corrected chi connectivity index (χ3v) is 7.85. The lowest BCUT2D eigenvalue weighted by atomic mass is 9.79. The number of aryl methyl sites for hydroxylation is 1. The summed E-state index contributed by atoms with van der Waals surface area (Å²) in [6, 6.07) is 17.9. The van der Waals surface area contributed by atoms with Crippen molar-refractivity contribution in [1.82, 2.24) is 9.88 Å². The fourth-order valence-corrected chi connectivity index (χ4v) is 5.75. The first kappa shape index (κ1) is 27.1. The van der Waals surface area contributed by atoms with E-state index in [1.54, 1.807) is 19.4 Å². The standard InChI is InChI=1S/C31H39FN2O3/c1-37-26-12-14-30-28(21-26)27(16-18-33-30)29(32)13-10-24-17-20-34(22-25(24)11-15-31(35)36)19-6-5-9-23-7-3-2-4-8-23/h2-4,7-8,12,14,16,18,21,24-25,29H,5-6,9-11,13,15,17,19-20,22H2,1H3,(H,35,36)/t24-,25+,29?/m1/s1. The number of aromatic nitrogens is 1. The number of likely N-dealkylation sites (tertiary alicyclic amines) is 1. The Hall–Kier alpha value is -2.99. The quantitative estimate of drug-likeness (QED) is 0.257. The SMILES string of the molecule is COc1ccc2nccc(C(F)CC[C@@H]3CCN(CCCCc4ccccc4)C[C@@H]3CCC(=O)O)c2c1.